The van der Waals surface area contributed by atoms with Crippen LogP contribution < -0.4 is 10.7 Å². The van der Waals surface area contributed by atoms with Gasteiger partial charge in [0.25, 0.3) is 5.91 Å². The fourth-order valence-corrected chi connectivity index (χ4v) is 4.24. The van der Waals surface area contributed by atoms with E-state index in [2.05, 4.69) is 10.3 Å². The topological polar surface area (TPSA) is 82.2 Å². The minimum Gasteiger partial charge on any atom is -0.393 e. The molecule has 0 radical (unpaired) electrons. The Bertz CT molecular complexity index is 1010. The van der Waals surface area contributed by atoms with Gasteiger partial charge in [-0.1, -0.05) is 12.1 Å². The molecule has 134 valence electrons. The van der Waals surface area contributed by atoms with Gasteiger partial charge in [0.05, 0.1) is 17.7 Å². The van der Waals surface area contributed by atoms with E-state index in [0.29, 0.717) is 12.8 Å². The summed E-state index contributed by atoms with van der Waals surface area (Å²) in [5.74, 6) is -0.908. The van der Waals surface area contributed by atoms with Gasteiger partial charge >= 0.3 is 0 Å². The maximum Gasteiger partial charge on any atom is 0.268 e. The van der Waals surface area contributed by atoms with E-state index in [1.807, 2.05) is 17.5 Å². The van der Waals surface area contributed by atoms with Crippen molar-refractivity contribution in [2.75, 3.05) is 0 Å². The number of aromatic amines is 1. The summed E-state index contributed by atoms with van der Waals surface area (Å²) in [5, 5.41) is 14.7. The highest BCUT2D eigenvalue weighted by molar-refractivity contribution is 7.10. The van der Waals surface area contributed by atoms with E-state index < -0.39 is 17.2 Å². The summed E-state index contributed by atoms with van der Waals surface area (Å²) in [6.07, 6.45) is 0.895. The van der Waals surface area contributed by atoms with Crippen LogP contribution in [0.5, 0.6) is 0 Å². The summed E-state index contributed by atoms with van der Waals surface area (Å²) in [6, 6.07) is 9.00. The van der Waals surface area contributed by atoms with Crippen molar-refractivity contribution in [1.29, 1.82) is 0 Å². The molecule has 1 amide bonds. The van der Waals surface area contributed by atoms with Crippen LogP contribution in [-0.2, 0) is 0 Å². The number of thiophene rings is 1. The van der Waals surface area contributed by atoms with Crippen LogP contribution in [0.25, 0.3) is 10.9 Å². The second-order valence-corrected chi connectivity index (χ2v) is 7.54. The van der Waals surface area contributed by atoms with Crippen molar-refractivity contribution in [3.05, 3.63) is 68.4 Å². The van der Waals surface area contributed by atoms with Crippen LogP contribution in [0.4, 0.5) is 4.39 Å². The van der Waals surface area contributed by atoms with Crippen LogP contribution in [0, 0.1) is 11.7 Å². The van der Waals surface area contributed by atoms with Gasteiger partial charge in [-0.25, -0.2) is 4.39 Å². The van der Waals surface area contributed by atoms with Gasteiger partial charge in [0.1, 0.15) is 11.5 Å². The SMILES string of the molecule is O=C(N[C@@H](c1cccs1)C1CC(O)C1)c1cc(=O)c2cccc(F)c2[nH]1. The van der Waals surface area contributed by atoms with E-state index in [1.54, 1.807) is 0 Å². The van der Waals surface area contributed by atoms with Crippen molar-refractivity contribution < 1.29 is 14.3 Å². The first-order valence-corrected chi connectivity index (χ1v) is 9.25. The Hall–Kier alpha value is -2.51. The molecule has 0 unspecified atom stereocenters. The number of amides is 1. The lowest BCUT2D eigenvalue weighted by Crippen LogP contribution is -2.41. The molecule has 0 spiro atoms. The van der Waals surface area contributed by atoms with Gasteiger partial charge in [0.15, 0.2) is 5.43 Å². The predicted octanol–water partition coefficient (Wildman–Crippen LogP) is 2.97. The highest BCUT2D eigenvalue weighted by Gasteiger charge is 2.36. The number of aliphatic hydroxyl groups is 1. The molecule has 2 aromatic heterocycles. The molecule has 0 saturated heterocycles. The number of para-hydroxylation sites is 1. The molecule has 1 aliphatic rings. The first-order chi connectivity index (χ1) is 12.5. The smallest absolute Gasteiger partial charge is 0.268 e. The van der Waals surface area contributed by atoms with E-state index >= 15 is 0 Å². The lowest BCUT2D eigenvalue weighted by atomic mass is 9.76. The zero-order valence-electron chi connectivity index (χ0n) is 13.7. The maximum atomic E-state index is 14.0. The molecule has 7 heteroatoms. The molecule has 0 aliphatic heterocycles. The third-order valence-electron chi connectivity index (χ3n) is 4.82. The number of H-pyrrole nitrogens is 1. The third kappa shape index (κ3) is 3.04. The van der Waals surface area contributed by atoms with Crippen molar-refractivity contribution >= 4 is 28.1 Å². The quantitative estimate of drug-likeness (QED) is 0.658. The van der Waals surface area contributed by atoms with Crippen LogP contribution in [0.2, 0.25) is 0 Å². The maximum absolute atomic E-state index is 14.0. The number of hydrogen-bond donors (Lipinski definition) is 3. The number of nitrogens with one attached hydrogen (secondary N) is 2. The van der Waals surface area contributed by atoms with E-state index in [1.165, 1.54) is 35.6 Å². The van der Waals surface area contributed by atoms with Crippen LogP contribution >= 0.6 is 11.3 Å². The molecule has 5 nitrogen and oxygen atoms in total. The van der Waals surface area contributed by atoms with Gasteiger partial charge in [-0.3, -0.25) is 9.59 Å². The van der Waals surface area contributed by atoms with Gasteiger partial charge < -0.3 is 15.4 Å². The summed E-state index contributed by atoms with van der Waals surface area (Å²) in [7, 11) is 0. The zero-order chi connectivity index (χ0) is 18.3. The molecule has 26 heavy (non-hydrogen) atoms. The van der Waals surface area contributed by atoms with Crippen LogP contribution in [0.3, 0.4) is 0 Å². The lowest BCUT2D eigenvalue weighted by Gasteiger charge is -2.37. The molecule has 2 heterocycles. The van der Waals surface area contributed by atoms with Gasteiger partial charge in [0.2, 0.25) is 0 Å². The molecular formula is C19H17FN2O3S. The molecule has 1 saturated carbocycles. The predicted molar refractivity (Wildman–Crippen MR) is 97.8 cm³/mol. The molecule has 3 aromatic rings. The number of rotatable bonds is 4. The normalized spacial score (nSPS) is 20.5. The van der Waals surface area contributed by atoms with E-state index in [9.17, 15) is 19.1 Å². The van der Waals surface area contributed by atoms with Gasteiger partial charge in [-0.15, -0.1) is 11.3 Å². The highest BCUT2D eigenvalue weighted by Crippen LogP contribution is 2.39. The molecular weight excluding hydrogens is 355 g/mol. The van der Waals surface area contributed by atoms with Gasteiger partial charge in [-0.2, -0.15) is 0 Å². The number of carbonyl (C=O) groups is 1. The van der Waals surface area contributed by atoms with Crippen LogP contribution in [0.15, 0.2) is 46.6 Å². The summed E-state index contributed by atoms with van der Waals surface area (Å²) in [5.41, 5.74) is -0.360. The van der Waals surface area contributed by atoms with Crippen molar-refractivity contribution in [3.8, 4) is 0 Å². The summed E-state index contributed by atoms with van der Waals surface area (Å²) in [6.45, 7) is 0. The summed E-state index contributed by atoms with van der Waals surface area (Å²) >= 11 is 1.53. The van der Waals surface area contributed by atoms with Crippen LogP contribution in [0.1, 0.15) is 34.2 Å². The van der Waals surface area contributed by atoms with Crippen molar-refractivity contribution in [2.24, 2.45) is 5.92 Å². The fraction of sp³-hybridized carbons (Fsp3) is 0.263. The number of benzene rings is 1. The van der Waals surface area contributed by atoms with E-state index in [-0.39, 0.29) is 34.7 Å². The summed E-state index contributed by atoms with van der Waals surface area (Å²) in [4.78, 5) is 28.7. The largest absolute Gasteiger partial charge is 0.393 e. The number of hydrogen-bond acceptors (Lipinski definition) is 4. The average Bonchev–Trinajstić information content (AvgIpc) is 3.12. The number of halogens is 1. The number of aromatic nitrogens is 1. The highest BCUT2D eigenvalue weighted by atomic mass is 32.1. The Labute approximate surface area is 152 Å². The molecule has 3 N–H and O–H groups in total. The minimum atomic E-state index is -0.578. The second-order valence-electron chi connectivity index (χ2n) is 6.56. The van der Waals surface area contributed by atoms with Gasteiger partial charge in [-0.05, 0) is 42.3 Å². The zero-order valence-corrected chi connectivity index (χ0v) is 14.6. The number of fused-ring (bicyclic) bond motifs is 1. The lowest BCUT2D eigenvalue weighted by molar-refractivity contribution is 0.0240. The first kappa shape index (κ1) is 16.9. The first-order valence-electron chi connectivity index (χ1n) is 8.37. The Morgan fingerprint density at radius 3 is 2.81 bits per heavy atom. The standard InChI is InChI=1S/C19H17FN2O3S/c20-13-4-1-3-12-15(24)9-14(21-18(12)13)19(25)22-17(10-7-11(23)8-10)16-5-2-6-26-16/h1-6,9-11,17,23H,7-8H2,(H,21,24)(H,22,25)/t10?,11?,17-/m1/s1. The number of aliphatic hydroxyl groups excluding tert-OH is 1. The molecule has 4 rings (SSSR count). The monoisotopic (exact) mass is 372 g/mol. The minimum absolute atomic E-state index is 0.0222. The Morgan fingerprint density at radius 1 is 1.31 bits per heavy atom. The molecule has 0 bridgehead atoms. The Kier molecular flexibility index (Phi) is 4.34. The average molecular weight is 372 g/mol. The van der Waals surface area contributed by atoms with Crippen LogP contribution in [-0.4, -0.2) is 22.1 Å². The second kappa shape index (κ2) is 6.66. The summed E-state index contributed by atoms with van der Waals surface area (Å²) < 4.78 is 14.0. The Balaban J connectivity index is 1.65. The number of pyridine rings is 1. The van der Waals surface area contributed by atoms with E-state index in [0.717, 1.165) is 4.88 Å². The molecule has 1 fully saturated rings. The Morgan fingerprint density at radius 2 is 2.12 bits per heavy atom. The fourth-order valence-electron chi connectivity index (χ4n) is 3.37. The third-order valence-corrected chi connectivity index (χ3v) is 5.77. The molecule has 1 atom stereocenters. The van der Waals surface area contributed by atoms with Crippen molar-refractivity contribution in [1.82, 2.24) is 10.3 Å². The molecule has 1 aliphatic carbocycles. The van der Waals surface area contributed by atoms with E-state index in [4.69, 9.17) is 0 Å². The van der Waals surface area contributed by atoms with Gasteiger partial charge in [0, 0.05) is 16.3 Å². The number of carbonyl (C=O) groups excluding carboxylic acids is 1. The molecule has 1 aromatic carbocycles. The van der Waals surface area contributed by atoms with Crippen molar-refractivity contribution in [2.45, 2.75) is 25.0 Å². The van der Waals surface area contributed by atoms with Crippen molar-refractivity contribution in [3.63, 3.8) is 0 Å².